The molecular weight excluding hydrogens is 376 g/mol. The highest BCUT2D eigenvalue weighted by Gasteiger charge is 2.24. The molecule has 4 rings (SSSR count). The van der Waals surface area contributed by atoms with Crippen LogP contribution < -0.4 is 10.6 Å². The number of aryl methyl sites for hydroxylation is 1. The summed E-state index contributed by atoms with van der Waals surface area (Å²) in [5.41, 5.74) is 3.78. The highest BCUT2D eigenvalue weighted by molar-refractivity contribution is 5.97. The lowest BCUT2D eigenvalue weighted by Gasteiger charge is -2.12. The van der Waals surface area contributed by atoms with Crippen LogP contribution in [0.4, 0.5) is 5.95 Å². The van der Waals surface area contributed by atoms with Crippen molar-refractivity contribution in [3.05, 3.63) is 47.7 Å². The molecule has 3 N–H and O–H groups in total. The van der Waals surface area contributed by atoms with Crippen LogP contribution in [0.3, 0.4) is 0 Å². The summed E-state index contributed by atoms with van der Waals surface area (Å²) in [6, 6.07) is 9.45. The number of unbranched alkanes of at least 4 members (excludes halogenated alkanes) is 2. The van der Waals surface area contributed by atoms with E-state index in [4.69, 9.17) is 0 Å². The summed E-state index contributed by atoms with van der Waals surface area (Å²) in [6.07, 6.45) is 7.27. The van der Waals surface area contributed by atoms with Gasteiger partial charge < -0.3 is 15.7 Å². The molecule has 1 heterocycles. The summed E-state index contributed by atoms with van der Waals surface area (Å²) >= 11 is 0. The first-order valence-electron chi connectivity index (χ1n) is 10.7. The van der Waals surface area contributed by atoms with Crippen LogP contribution in [-0.2, 0) is 0 Å². The molecule has 0 unspecified atom stereocenters. The minimum atomic E-state index is -0.0684. The number of anilines is 1. The lowest BCUT2D eigenvalue weighted by Crippen LogP contribution is -2.25. The second kappa shape index (κ2) is 8.69. The summed E-state index contributed by atoms with van der Waals surface area (Å²) in [5, 5.41) is 17.8. The number of aromatic hydroxyl groups is 1. The highest BCUT2D eigenvalue weighted by Crippen LogP contribution is 2.35. The Morgan fingerprint density at radius 1 is 1.17 bits per heavy atom. The molecule has 30 heavy (non-hydrogen) atoms. The maximum Gasteiger partial charge on any atom is 0.251 e. The molecule has 0 aliphatic heterocycles. The third-order valence-corrected chi connectivity index (χ3v) is 5.46. The average molecular weight is 405 g/mol. The molecule has 2 aromatic carbocycles. The monoisotopic (exact) mass is 404 g/mol. The van der Waals surface area contributed by atoms with E-state index in [0.29, 0.717) is 28.6 Å². The van der Waals surface area contributed by atoms with Crippen molar-refractivity contribution >= 4 is 22.8 Å². The van der Waals surface area contributed by atoms with E-state index in [2.05, 4.69) is 27.5 Å². The summed E-state index contributed by atoms with van der Waals surface area (Å²) in [5.74, 6) is 0.641. The molecule has 0 spiro atoms. The second-order valence-electron chi connectivity index (χ2n) is 8.03. The molecule has 1 fully saturated rings. The minimum absolute atomic E-state index is 0.0684. The van der Waals surface area contributed by atoms with Gasteiger partial charge in [-0.05, 0) is 55.5 Å². The van der Waals surface area contributed by atoms with Crippen LogP contribution in [0.1, 0.15) is 54.9 Å². The number of benzene rings is 2. The highest BCUT2D eigenvalue weighted by atomic mass is 16.3. The fraction of sp³-hybridized carbons (Fsp3) is 0.375. The van der Waals surface area contributed by atoms with Crippen molar-refractivity contribution in [3.8, 4) is 16.9 Å². The molecule has 1 aliphatic rings. The SMILES string of the molecule is CCCCCNc1ncc2cc(-c3cc(C(=O)NC4CC4)ccc3C)c(O)cc2n1. The van der Waals surface area contributed by atoms with Crippen LogP contribution >= 0.6 is 0 Å². The van der Waals surface area contributed by atoms with Crippen LogP contribution in [0.5, 0.6) is 5.75 Å². The predicted octanol–water partition coefficient (Wildman–Crippen LogP) is 4.81. The van der Waals surface area contributed by atoms with Gasteiger partial charge in [0, 0.05) is 41.4 Å². The maximum atomic E-state index is 12.5. The van der Waals surface area contributed by atoms with E-state index in [-0.39, 0.29) is 11.7 Å². The van der Waals surface area contributed by atoms with Gasteiger partial charge >= 0.3 is 0 Å². The molecule has 1 saturated carbocycles. The van der Waals surface area contributed by atoms with Gasteiger partial charge in [0.1, 0.15) is 5.75 Å². The van der Waals surface area contributed by atoms with Crippen LogP contribution in [0.25, 0.3) is 22.0 Å². The Balaban J connectivity index is 1.62. The number of phenolic OH excluding ortho intramolecular Hbond substituents is 1. The van der Waals surface area contributed by atoms with Crippen LogP contribution in [0, 0.1) is 6.92 Å². The van der Waals surface area contributed by atoms with Crippen molar-refractivity contribution in [2.75, 3.05) is 11.9 Å². The van der Waals surface area contributed by atoms with E-state index < -0.39 is 0 Å². The molecule has 0 saturated heterocycles. The molecule has 1 aromatic heterocycles. The van der Waals surface area contributed by atoms with Gasteiger partial charge in [-0.15, -0.1) is 0 Å². The van der Waals surface area contributed by atoms with Gasteiger partial charge in [-0.2, -0.15) is 0 Å². The third kappa shape index (κ3) is 4.53. The van der Waals surface area contributed by atoms with Crippen molar-refractivity contribution < 1.29 is 9.90 Å². The van der Waals surface area contributed by atoms with Gasteiger partial charge in [-0.25, -0.2) is 9.97 Å². The van der Waals surface area contributed by atoms with E-state index in [1.807, 2.05) is 31.2 Å². The van der Waals surface area contributed by atoms with E-state index in [1.54, 1.807) is 12.3 Å². The summed E-state index contributed by atoms with van der Waals surface area (Å²) in [4.78, 5) is 21.4. The van der Waals surface area contributed by atoms with Gasteiger partial charge in [0.25, 0.3) is 5.91 Å². The number of aromatic nitrogens is 2. The van der Waals surface area contributed by atoms with Crippen molar-refractivity contribution in [1.82, 2.24) is 15.3 Å². The molecule has 1 aliphatic carbocycles. The maximum absolute atomic E-state index is 12.5. The largest absolute Gasteiger partial charge is 0.507 e. The normalized spacial score (nSPS) is 13.4. The van der Waals surface area contributed by atoms with Crippen molar-refractivity contribution in [1.29, 1.82) is 0 Å². The van der Waals surface area contributed by atoms with E-state index >= 15 is 0 Å². The molecule has 1 amide bonds. The molecule has 156 valence electrons. The number of carbonyl (C=O) groups is 1. The number of nitrogens with zero attached hydrogens (tertiary/aromatic N) is 2. The molecule has 6 heteroatoms. The summed E-state index contributed by atoms with van der Waals surface area (Å²) in [6.45, 7) is 4.98. The van der Waals surface area contributed by atoms with E-state index in [9.17, 15) is 9.90 Å². The fourth-order valence-corrected chi connectivity index (χ4v) is 3.49. The van der Waals surface area contributed by atoms with Crippen LogP contribution in [0.15, 0.2) is 36.5 Å². The zero-order chi connectivity index (χ0) is 21.1. The van der Waals surface area contributed by atoms with Crippen LogP contribution in [0.2, 0.25) is 0 Å². The van der Waals surface area contributed by atoms with Gasteiger partial charge in [-0.3, -0.25) is 4.79 Å². The number of nitrogens with one attached hydrogen (secondary N) is 2. The standard InChI is InChI=1S/C24H28N4O2/c1-3-4-5-10-25-24-26-14-17-12-20(22(29)13-21(17)28-24)19-11-16(7-6-15(19)2)23(30)27-18-8-9-18/h6-7,11-14,18,29H,3-5,8-10H2,1-2H3,(H,27,30)(H,25,26,28). The number of amides is 1. The molecule has 6 nitrogen and oxygen atoms in total. The topological polar surface area (TPSA) is 87.1 Å². The number of carbonyl (C=O) groups excluding carboxylic acids is 1. The summed E-state index contributed by atoms with van der Waals surface area (Å²) in [7, 11) is 0. The lowest BCUT2D eigenvalue weighted by atomic mass is 9.96. The van der Waals surface area contributed by atoms with Gasteiger partial charge in [0.05, 0.1) is 5.52 Å². The smallest absolute Gasteiger partial charge is 0.251 e. The Labute approximate surface area is 176 Å². The number of rotatable bonds is 8. The number of phenols is 1. The molecular formula is C24H28N4O2. The molecule has 0 atom stereocenters. The predicted molar refractivity (Wildman–Crippen MR) is 120 cm³/mol. The van der Waals surface area contributed by atoms with Crippen LogP contribution in [-0.4, -0.2) is 33.6 Å². The van der Waals surface area contributed by atoms with Gasteiger partial charge in [0.2, 0.25) is 5.95 Å². The summed E-state index contributed by atoms with van der Waals surface area (Å²) < 4.78 is 0. The lowest BCUT2D eigenvalue weighted by molar-refractivity contribution is 0.0951. The quantitative estimate of drug-likeness (QED) is 0.469. The van der Waals surface area contributed by atoms with Crippen molar-refractivity contribution in [2.24, 2.45) is 0 Å². The number of hydrogen-bond donors (Lipinski definition) is 3. The van der Waals surface area contributed by atoms with Gasteiger partial charge in [-0.1, -0.05) is 25.8 Å². The number of fused-ring (bicyclic) bond motifs is 1. The first-order chi connectivity index (χ1) is 14.5. The van der Waals surface area contributed by atoms with Crippen molar-refractivity contribution in [3.63, 3.8) is 0 Å². The Morgan fingerprint density at radius 2 is 2.00 bits per heavy atom. The fourth-order valence-electron chi connectivity index (χ4n) is 3.49. The zero-order valence-corrected chi connectivity index (χ0v) is 17.5. The molecule has 0 radical (unpaired) electrons. The van der Waals surface area contributed by atoms with E-state index in [1.165, 1.54) is 12.8 Å². The number of hydrogen-bond acceptors (Lipinski definition) is 5. The molecule has 3 aromatic rings. The Hall–Kier alpha value is -3.15. The van der Waals surface area contributed by atoms with Gasteiger partial charge in [0.15, 0.2) is 0 Å². The third-order valence-electron chi connectivity index (χ3n) is 5.46. The Kier molecular flexibility index (Phi) is 5.84. The van der Waals surface area contributed by atoms with E-state index in [0.717, 1.165) is 42.3 Å². The first kappa shape index (κ1) is 20.1. The van der Waals surface area contributed by atoms with Crippen molar-refractivity contribution in [2.45, 2.75) is 52.0 Å². The first-order valence-corrected chi connectivity index (χ1v) is 10.7. The zero-order valence-electron chi connectivity index (χ0n) is 17.5. The minimum Gasteiger partial charge on any atom is -0.507 e. The Bertz CT molecular complexity index is 1080. The molecule has 0 bridgehead atoms. The Morgan fingerprint density at radius 3 is 2.77 bits per heavy atom. The average Bonchev–Trinajstić information content (AvgIpc) is 3.55. The second-order valence-corrected chi connectivity index (χ2v) is 8.03.